The van der Waals surface area contributed by atoms with Crippen LogP contribution < -0.4 is 10.6 Å². The summed E-state index contributed by atoms with van der Waals surface area (Å²) < 4.78 is 0. The lowest BCUT2D eigenvalue weighted by molar-refractivity contribution is -0.133. The highest BCUT2D eigenvalue weighted by Crippen LogP contribution is 2.35. The van der Waals surface area contributed by atoms with E-state index in [4.69, 9.17) is 23.2 Å². The molecule has 2 N–H and O–H groups in total. The van der Waals surface area contributed by atoms with Gasteiger partial charge in [0.25, 0.3) is 0 Å². The van der Waals surface area contributed by atoms with Crippen LogP contribution in [-0.4, -0.2) is 54.1 Å². The second-order valence-electron chi connectivity index (χ2n) is 7.52. The minimum atomic E-state index is -0.501. The Morgan fingerprint density at radius 1 is 1.11 bits per heavy atom. The maximum atomic E-state index is 13.4. The molecule has 2 heterocycles. The summed E-state index contributed by atoms with van der Waals surface area (Å²) in [6.45, 7) is 4.15. The number of pyridine rings is 1. The molecule has 1 fully saturated rings. The molecule has 0 spiro atoms. The Balaban J connectivity index is 1.48. The quantitative estimate of drug-likeness (QED) is 0.732. The van der Waals surface area contributed by atoms with E-state index < -0.39 is 5.54 Å². The number of nitrogens with one attached hydrogen (secondary N) is 2. The summed E-state index contributed by atoms with van der Waals surface area (Å²) >= 11 is 11.9. The van der Waals surface area contributed by atoms with Crippen LogP contribution in [0.1, 0.15) is 16.7 Å². The van der Waals surface area contributed by atoms with Gasteiger partial charge >= 0.3 is 0 Å². The average Bonchev–Trinajstić information content (AvgIpc) is 3.09. The van der Waals surface area contributed by atoms with E-state index in [0.717, 1.165) is 44.6 Å². The number of benzene rings is 1. The average molecular weight is 419 g/mol. The van der Waals surface area contributed by atoms with Crippen LogP contribution in [0.2, 0.25) is 10.3 Å². The van der Waals surface area contributed by atoms with Crippen molar-refractivity contribution in [1.82, 2.24) is 20.5 Å². The van der Waals surface area contributed by atoms with Gasteiger partial charge in [0.15, 0.2) is 0 Å². The molecule has 2 aromatic rings. The number of rotatable bonds is 5. The Kier molecular flexibility index (Phi) is 5.88. The van der Waals surface area contributed by atoms with Gasteiger partial charge in [-0.1, -0.05) is 47.5 Å². The number of hydrogen-bond acceptors (Lipinski definition) is 4. The molecule has 7 heteroatoms. The molecular weight excluding hydrogens is 395 g/mol. The van der Waals surface area contributed by atoms with Crippen LogP contribution in [0, 0.1) is 0 Å². The van der Waals surface area contributed by atoms with Crippen molar-refractivity contribution in [2.45, 2.75) is 24.8 Å². The summed E-state index contributed by atoms with van der Waals surface area (Å²) in [5.74, 6) is 0.108. The maximum absolute atomic E-state index is 13.4. The first kappa shape index (κ1) is 19.6. The third-order valence-electron chi connectivity index (χ3n) is 5.75. The highest BCUT2D eigenvalue weighted by molar-refractivity contribution is 6.32. The Morgan fingerprint density at radius 3 is 2.32 bits per heavy atom. The number of hydrogen-bond donors (Lipinski definition) is 2. The lowest BCUT2D eigenvalue weighted by Gasteiger charge is -2.42. The highest BCUT2D eigenvalue weighted by atomic mass is 35.5. The molecular formula is C21H24Cl2N4O. The topological polar surface area (TPSA) is 57.3 Å². The van der Waals surface area contributed by atoms with Crippen molar-refractivity contribution in [3.8, 4) is 0 Å². The van der Waals surface area contributed by atoms with Crippen LogP contribution in [0.3, 0.4) is 0 Å². The predicted octanol–water partition coefficient (Wildman–Crippen LogP) is 2.49. The minimum absolute atomic E-state index is 0.108. The lowest BCUT2D eigenvalue weighted by Crippen LogP contribution is -2.64. The Hall–Kier alpha value is -1.66. The summed E-state index contributed by atoms with van der Waals surface area (Å²) in [4.78, 5) is 19.7. The van der Waals surface area contributed by atoms with E-state index in [2.05, 4.69) is 44.8 Å². The van der Waals surface area contributed by atoms with Crippen LogP contribution in [0.4, 0.5) is 0 Å². The summed E-state index contributed by atoms with van der Waals surface area (Å²) in [6, 6.07) is 12.0. The second-order valence-corrected chi connectivity index (χ2v) is 8.29. The molecule has 148 valence electrons. The summed E-state index contributed by atoms with van der Waals surface area (Å²) in [5.41, 5.74) is 3.03. The number of fused-ring (bicyclic) bond motifs is 1. The fourth-order valence-electron chi connectivity index (χ4n) is 4.36. The zero-order valence-corrected chi connectivity index (χ0v) is 17.2. The van der Waals surface area contributed by atoms with Gasteiger partial charge in [0.1, 0.15) is 15.8 Å². The van der Waals surface area contributed by atoms with E-state index in [1.807, 2.05) is 0 Å². The van der Waals surface area contributed by atoms with Crippen LogP contribution >= 0.6 is 23.2 Å². The number of halogens is 2. The number of amides is 1. The molecule has 1 amide bonds. The fraction of sp³-hybridized carbons (Fsp3) is 0.429. The lowest BCUT2D eigenvalue weighted by atomic mass is 9.91. The van der Waals surface area contributed by atoms with Crippen molar-refractivity contribution in [3.05, 3.63) is 63.4 Å². The van der Waals surface area contributed by atoms with Gasteiger partial charge in [-0.05, 0) is 35.2 Å². The van der Waals surface area contributed by atoms with E-state index in [-0.39, 0.29) is 5.91 Å². The van der Waals surface area contributed by atoms with Crippen LogP contribution in [-0.2, 0) is 24.1 Å². The van der Waals surface area contributed by atoms with Crippen LogP contribution in [0.25, 0.3) is 0 Å². The predicted molar refractivity (Wildman–Crippen MR) is 112 cm³/mol. The number of carbonyl (C=O) groups excluding carboxylic acids is 1. The van der Waals surface area contributed by atoms with E-state index >= 15 is 0 Å². The van der Waals surface area contributed by atoms with E-state index in [9.17, 15) is 4.79 Å². The SMILES string of the molecule is O=C(NCCc1cc(Cl)nc(Cl)c1)C1(N2CCNCC2)Cc2ccccc2C1. The Morgan fingerprint density at radius 2 is 1.71 bits per heavy atom. The van der Waals surface area contributed by atoms with E-state index in [1.165, 1.54) is 11.1 Å². The number of aromatic nitrogens is 1. The smallest absolute Gasteiger partial charge is 0.241 e. The first-order valence-electron chi connectivity index (χ1n) is 9.70. The minimum Gasteiger partial charge on any atom is -0.354 e. The number of piperazine rings is 1. The number of carbonyl (C=O) groups is 1. The van der Waals surface area contributed by atoms with Crippen molar-refractivity contribution >= 4 is 29.1 Å². The summed E-state index contributed by atoms with van der Waals surface area (Å²) in [5, 5.41) is 7.31. The van der Waals surface area contributed by atoms with Crippen LogP contribution in [0.5, 0.6) is 0 Å². The molecule has 1 aromatic heterocycles. The Bertz CT molecular complexity index is 822. The summed E-state index contributed by atoms with van der Waals surface area (Å²) in [6.07, 6.45) is 2.20. The van der Waals surface area contributed by atoms with Crippen molar-refractivity contribution in [2.75, 3.05) is 32.7 Å². The van der Waals surface area contributed by atoms with Gasteiger partial charge in [-0.2, -0.15) is 0 Å². The van der Waals surface area contributed by atoms with Gasteiger partial charge in [-0.25, -0.2) is 4.98 Å². The molecule has 0 bridgehead atoms. The van der Waals surface area contributed by atoms with Crippen molar-refractivity contribution in [1.29, 1.82) is 0 Å². The molecule has 1 aliphatic carbocycles. The normalized spacial score (nSPS) is 18.6. The zero-order chi connectivity index (χ0) is 19.6. The molecule has 0 saturated carbocycles. The first-order chi connectivity index (χ1) is 13.6. The standard InChI is InChI=1S/C21H24Cl2N4O/c22-18-11-15(12-19(23)26-18)5-6-25-20(28)21(27-9-7-24-8-10-27)13-16-3-1-2-4-17(16)14-21/h1-4,11-12,24H,5-10,13-14H2,(H,25,28). The maximum Gasteiger partial charge on any atom is 0.241 e. The Labute approximate surface area is 175 Å². The molecule has 4 rings (SSSR count). The molecule has 28 heavy (non-hydrogen) atoms. The number of nitrogens with zero attached hydrogens (tertiary/aromatic N) is 2. The molecule has 1 aliphatic heterocycles. The van der Waals surface area contributed by atoms with E-state index in [1.54, 1.807) is 12.1 Å². The van der Waals surface area contributed by atoms with Gasteiger partial charge in [-0.15, -0.1) is 0 Å². The molecule has 0 atom stereocenters. The van der Waals surface area contributed by atoms with Gasteiger partial charge in [0.2, 0.25) is 5.91 Å². The monoisotopic (exact) mass is 418 g/mol. The largest absolute Gasteiger partial charge is 0.354 e. The molecule has 1 aromatic carbocycles. The second kappa shape index (κ2) is 8.37. The zero-order valence-electron chi connectivity index (χ0n) is 15.7. The van der Waals surface area contributed by atoms with Gasteiger partial charge in [-0.3, -0.25) is 9.69 Å². The van der Waals surface area contributed by atoms with E-state index in [0.29, 0.717) is 23.3 Å². The summed E-state index contributed by atoms with van der Waals surface area (Å²) in [7, 11) is 0. The van der Waals surface area contributed by atoms with Crippen molar-refractivity contribution < 1.29 is 4.79 Å². The molecule has 5 nitrogen and oxygen atoms in total. The van der Waals surface area contributed by atoms with Crippen LogP contribution in [0.15, 0.2) is 36.4 Å². The third kappa shape index (κ3) is 4.03. The molecule has 1 saturated heterocycles. The highest BCUT2D eigenvalue weighted by Gasteiger charge is 2.48. The molecule has 2 aliphatic rings. The molecule has 0 unspecified atom stereocenters. The third-order valence-corrected chi connectivity index (χ3v) is 6.14. The van der Waals surface area contributed by atoms with Crippen molar-refractivity contribution in [2.24, 2.45) is 0 Å². The fourth-order valence-corrected chi connectivity index (χ4v) is 4.86. The van der Waals surface area contributed by atoms with Crippen molar-refractivity contribution in [3.63, 3.8) is 0 Å². The first-order valence-corrected chi connectivity index (χ1v) is 10.5. The van der Waals surface area contributed by atoms with Gasteiger partial charge in [0, 0.05) is 45.6 Å². The molecule has 0 radical (unpaired) electrons. The van der Waals surface area contributed by atoms with Gasteiger partial charge in [0.05, 0.1) is 0 Å². The van der Waals surface area contributed by atoms with Gasteiger partial charge < -0.3 is 10.6 Å².